The average molecular weight is 273 g/mol. The Morgan fingerprint density at radius 3 is 2.44 bits per heavy atom. The van der Waals surface area contributed by atoms with Gasteiger partial charge >= 0.3 is 0 Å². The molecule has 0 radical (unpaired) electrons. The first-order chi connectivity index (χ1) is 8.61. The molecular weight excluding hydrogens is 263 g/mol. The largest absolute Gasteiger partial charge is 0.271 e. The van der Waals surface area contributed by atoms with Crippen molar-refractivity contribution in [1.82, 2.24) is 10.4 Å². The molecule has 1 unspecified atom stereocenters. The van der Waals surface area contributed by atoms with E-state index >= 15 is 0 Å². The number of nitrogens with two attached hydrogens (primary N) is 1. The predicted molar refractivity (Wildman–Crippen MR) is 62.2 cm³/mol. The van der Waals surface area contributed by atoms with Gasteiger partial charge in [-0.1, -0.05) is 0 Å². The number of rotatable bonds is 4. The molecule has 0 spiro atoms. The maximum Gasteiger partial charge on any atom is 0.194 e. The van der Waals surface area contributed by atoms with Gasteiger partial charge in [0.2, 0.25) is 0 Å². The molecular formula is C11H10F3N3S. The molecule has 1 aromatic carbocycles. The second kappa shape index (κ2) is 5.47. The van der Waals surface area contributed by atoms with E-state index in [1.807, 2.05) is 0 Å². The highest BCUT2D eigenvalue weighted by Gasteiger charge is 2.17. The molecule has 0 fully saturated rings. The molecule has 1 aromatic heterocycles. The van der Waals surface area contributed by atoms with Crippen LogP contribution in [0.25, 0.3) is 0 Å². The van der Waals surface area contributed by atoms with E-state index < -0.39 is 23.5 Å². The average Bonchev–Trinajstić information content (AvgIpc) is 2.85. The summed E-state index contributed by atoms with van der Waals surface area (Å²) in [7, 11) is 0. The van der Waals surface area contributed by atoms with E-state index in [-0.39, 0.29) is 5.56 Å². The molecule has 2 aromatic rings. The topological polar surface area (TPSA) is 50.9 Å². The summed E-state index contributed by atoms with van der Waals surface area (Å²) in [6, 6.07) is 1.36. The first-order valence-electron chi connectivity index (χ1n) is 5.09. The molecule has 0 saturated carbocycles. The zero-order valence-corrected chi connectivity index (χ0v) is 9.98. The minimum absolute atomic E-state index is 0.252. The van der Waals surface area contributed by atoms with Gasteiger partial charge < -0.3 is 0 Å². The van der Waals surface area contributed by atoms with Crippen LogP contribution in [-0.4, -0.2) is 4.98 Å². The van der Waals surface area contributed by atoms with Crippen LogP contribution in [0, 0.1) is 17.5 Å². The molecule has 3 N–H and O–H groups in total. The lowest BCUT2D eigenvalue weighted by Crippen LogP contribution is -2.29. The van der Waals surface area contributed by atoms with Crippen LogP contribution in [0.1, 0.15) is 16.5 Å². The number of halogens is 3. The Morgan fingerprint density at radius 1 is 1.28 bits per heavy atom. The molecule has 1 atom stereocenters. The molecule has 7 heteroatoms. The smallest absolute Gasteiger partial charge is 0.194 e. The first-order valence-corrected chi connectivity index (χ1v) is 5.97. The summed E-state index contributed by atoms with van der Waals surface area (Å²) < 4.78 is 39.1. The van der Waals surface area contributed by atoms with Crippen LogP contribution in [0.4, 0.5) is 13.2 Å². The summed E-state index contributed by atoms with van der Waals surface area (Å²) in [5.74, 6) is 1.42. The summed E-state index contributed by atoms with van der Waals surface area (Å²) in [5, 5.41) is 0. The Labute approximate surface area is 105 Å². The SMILES string of the molecule is NNC(Cc1cncs1)c1cc(F)c(F)c(F)c1. The first kappa shape index (κ1) is 13.0. The van der Waals surface area contributed by atoms with Crippen molar-refractivity contribution in [2.75, 3.05) is 0 Å². The molecule has 0 aliphatic rings. The van der Waals surface area contributed by atoms with Crippen LogP contribution in [0.2, 0.25) is 0 Å². The number of aromatic nitrogens is 1. The lowest BCUT2D eigenvalue weighted by atomic mass is 10.0. The third-order valence-corrected chi connectivity index (χ3v) is 3.30. The number of thiazole rings is 1. The summed E-state index contributed by atoms with van der Waals surface area (Å²) in [5.41, 5.74) is 4.35. The molecule has 3 nitrogen and oxygen atoms in total. The summed E-state index contributed by atoms with van der Waals surface area (Å²) in [6.45, 7) is 0. The number of hydrazine groups is 1. The van der Waals surface area contributed by atoms with Crippen LogP contribution < -0.4 is 11.3 Å². The molecule has 18 heavy (non-hydrogen) atoms. The number of benzene rings is 1. The maximum atomic E-state index is 13.1. The van der Waals surface area contributed by atoms with Gasteiger partial charge in [0.05, 0.1) is 11.6 Å². The molecule has 2 rings (SSSR count). The second-order valence-corrected chi connectivity index (χ2v) is 4.66. The van der Waals surface area contributed by atoms with Crippen LogP contribution in [0.3, 0.4) is 0 Å². The third kappa shape index (κ3) is 2.69. The fourth-order valence-electron chi connectivity index (χ4n) is 1.59. The Kier molecular flexibility index (Phi) is 3.95. The van der Waals surface area contributed by atoms with E-state index in [0.717, 1.165) is 17.0 Å². The van der Waals surface area contributed by atoms with E-state index in [4.69, 9.17) is 5.84 Å². The van der Waals surface area contributed by atoms with Crippen molar-refractivity contribution in [1.29, 1.82) is 0 Å². The Balaban J connectivity index is 2.27. The van der Waals surface area contributed by atoms with E-state index in [1.165, 1.54) is 11.3 Å². The quantitative estimate of drug-likeness (QED) is 0.510. The van der Waals surface area contributed by atoms with Gasteiger partial charge in [0.15, 0.2) is 17.5 Å². The Bertz CT molecular complexity index is 507. The van der Waals surface area contributed by atoms with Crippen molar-refractivity contribution in [3.8, 4) is 0 Å². The van der Waals surface area contributed by atoms with Crippen molar-refractivity contribution in [3.63, 3.8) is 0 Å². The van der Waals surface area contributed by atoms with Gasteiger partial charge in [-0.25, -0.2) is 13.2 Å². The molecule has 0 amide bonds. The fraction of sp³-hybridized carbons (Fsp3) is 0.182. The molecule has 96 valence electrons. The highest BCUT2D eigenvalue weighted by Crippen LogP contribution is 2.23. The molecule has 1 heterocycles. The standard InChI is InChI=1S/C11H10F3N3S/c12-8-1-6(2-9(13)11(8)14)10(17-15)3-7-4-16-5-18-7/h1-2,4-5,10,17H,3,15H2. The van der Waals surface area contributed by atoms with Gasteiger partial charge in [0, 0.05) is 17.5 Å². The Hall–Kier alpha value is -1.44. The number of hydrogen-bond donors (Lipinski definition) is 2. The predicted octanol–water partition coefficient (Wildman–Crippen LogP) is 2.31. The fourth-order valence-corrected chi connectivity index (χ4v) is 2.24. The summed E-state index contributed by atoms with van der Waals surface area (Å²) >= 11 is 1.40. The van der Waals surface area contributed by atoms with Crippen LogP contribution >= 0.6 is 11.3 Å². The monoisotopic (exact) mass is 273 g/mol. The minimum atomic E-state index is -1.48. The van der Waals surface area contributed by atoms with Gasteiger partial charge in [-0.3, -0.25) is 16.3 Å². The van der Waals surface area contributed by atoms with E-state index in [0.29, 0.717) is 6.42 Å². The van der Waals surface area contributed by atoms with Crippen LogP contribution in [0.5, 0.6) is 0 Å². The lowest BCUT2D eigenvalue weighted by molar-refractivity contribution is 0.439. The lowest BCUT2D eigenvalue weighted by Gasteiger charge is -2.15. The molecule has 0 aliphatic heterocycles. The highest BCUT2D eigenvalue weighted by atomic mass is 32.1. The van der Waals surface area contributed by atoms with Crippen molar-refractivity contribution in [3.05, 3.63) is 51.7 Å². The number of nitrogens with one attached hydrogen (secondary N) is 1. The zero-order valence-electron chi connectivity index (χ0n) is 9.16. The normalized spacial score (nSPS) is 12.7. The van der Waals surface area contributed by atoms with Gasteiger partial charge in [0.1, 0.15) is 0 Å². The maximum absolute atomic E-state index is 13.1. The van der Waals surface area contributed by atoms with Gasteiger partial charge in [-0.05, 0) is 17.7 Å². The van der Waals surface area contributed by atoms with Gasteiger partial charge in [0.25, 0.3) is 0 Å². The van der Waals surface area contributed by atoms with Crippen LogP contribution in [0.15, 0.2) is 23.8 Å². The molecule has 0 saturated heterocycles. The van der Waals surface area contributed by atoms with E-state index in [9.17, 15) is 13.2 Å². The van der Waals surface area contributed by atoms with Crippen LogP contribution in [-0.2, 0) is 6.42 Å². The highest BCUT2D eigenvalue weighted by molar-refractivity contribution is 7.09. The zero-order chi connectivity index (χ0) is 13.1. The molecule has 0 bridgehead atoms. The van der Waals surface area contributed by atoms with Crippen molar-refractivity contribution < 1.29 is 13.2 Å². The summed E-state index contributed by atoms with van der Waals surface area (Å²) in [6.07, 6.45) is 2.07. The van der Waals surface area contributed by atoms with E-state index in [1.54, 1.807) is 11.7 Å². The molecule has 0 aliphatic carbocycles. The van der Waals surface area contributed by atoms with Gasteiger partial charge in [-0.15, -0.1) is 11.3 Å². The van der Waals surface area contributed by atoms with Crippen molar-refractivity contribution in [2.45, 2.75) is 12.5 Å². The van der Waals surface area contributed by atoms with E-state index in [2.05, 4.69) is 10.4 Å². The minimum Gasteiger partial charge on any atom is -0.271 e. The summed E-state index contributed by atoms with van der Waals surface area (Å²) in [4.78, 5) is 4.80. The van der Waals surface area contributed by atoms with Crippen molar-refractivity contribution in [2.24, 2.45) is 5.84 Å². The number of nitrogens with zero attached hydrogens (tertiary/aromatic N) is 1. The second-order valence-electron chi connectivity index (χ2n) is 3.69. The van der Waals surface area contributed by atoms with Gasteiger partial charge in [-0.2, -0.15) is 0 Å². The number of hydrogen-bond acceptors (Lipinski definition) is 4. The van der Waals surface area contributed by atoms with Crippen molar-refractivity contribution >= 4 is 11.3 Å². The Morgan fingerprint density at radius 2 is 1.94 bits per heavy atom. The third-order valence-electron chi connectivity index (χ3n) is 2.50.